The molecule has 8 heteroatoms. The average molecular weight is 435 g/mol. The molecule has 158 valence electrons. The van der Waals surface area contributed by atoms with Gasteiger partial charge in [-0.05, 0) is 61.9 Å². The molecule has 0 bridgehead atoms. The van der Waals surface area contributed by atoms with E-state index in [1.54, 1.807) is 11.9 Å². The molecule has 1 atom stereocenters. The number of hydrogen-bond donors (Lipinski definition) is 1. The summed E-state index contributed by atoms with van der Waals surface area (Å²) in [6, 6.07) is 9.10. The van der Waals surface area contributed by atoms with Gasteiger partial charge in [-0.2, -0.15) is 0 Å². The van der Waals surface area contributed by atoms with E-state index in [0.29, 0.717) is 22.0 Å². The van der Waals surface area contributed by atoms with Crippen LogP contribution in [-0.2, 0) is 4.79 Å². The van der Waals surface area contributed by atoms with Crippen molar-refractivity contribution in [3.8, 4) is 0 Å². The molecule has 0 unspecified atom stereocenters. The fourth-order valence-electron chi connectivity index (χ4n) is 4.31. The van der Waals surface area contributed by atoms with Crippen LogP contribution in [0.4, 0.5) is 5.69 Å². The van der Waals surface area contributed by atoms with Gasteiger partial charge >= 0.3 is 0 Å². The van der Waals surface area contributed by atoms with Crippen molar-refractivity contribution in [3.63, 3.8) is 0 Å². The number of halogens is 1. The summed E-state index contributed by atoms with van der Waals surface area (Å²) in [5.74, 6) is 0.882. The molecule has 1 saturated carbocycles. The number of rotatable bonds is 3. The Labute approximate surface area is 185 Å². The number of pyridine rings is 1. The number of carbonyl (C=O) groups is 1. The number of carbonyl (C=O) groups excluding carboxylic acids is 1. The molecule has 3 heterocycles. The first-order valence-electron chi connectivity index (χ1n) is 10.3. The lowest BCUT2D eigenvalue weighted by Crippen LogP contribution is -2.29. The first-order chi connectivity index (χ1) is 14.9. The monoisotopic (exact) mass is 434 g/mol. The van der Waals surface area contributed by atoms with Gasteiger partial charge in [0.2, 0.25) is 0 Å². The summed E-state index contributed by atoms with van der Waals surface area (Å²) in [6.07, 6.45) is 3.92. The van der Waals surface area contributed by atoms with Crippen molar-refractivity contribution >= 4 is 34.6 Å². The molecule has 1 aromatic carbocycles. The second kappa shape index (κ2) is 7.20. The molecule has 7 nitrogen and oxygen atoms in total. The molecule has 2 aliphatic rings. The highest BCUT2D eigenvalue weighted by atomic mass is 35.5. The van der Waals surface area contributed by atoms with Crippen LogP contribution in [0.1, 0.15) is 35.8 Å². The van der Waals surface area contributed by atoms with Crippen molar-refractivity contribution < 1.29 is 4.79 Å². The van der Waals surface area contributed by atoms with Gasteiger partial charge in [0.15, 0.2) is 5.65 Å². The maximum Gasteiger partial charge on any atom is 0.262 e. The molecule has 31 heavy (non-hydrogen) atoms. The molecule has 3 aromatic rings. The van der Waals surface area contributed by atoms with Crippen molar-refractivity contribution in [1.82, 2.24) is 14.6 Å². The van der Waals surface area contributed by atoms with Gasteiger partial charge in [0.25, 0.3) is 5.91 Å². The molecule has 1 aliphatic heterocycles. The van der Waals surface area contributed by atoms with Crippen LogP contribution < -0.4 is 10.6 Å². The number of benzene rings is 1. The normalized spacial score (nSPS) is 22.1. The van der Waals surface area contributed by atoms with Gasteiger partial charge in [-0.1, -0.05) is 23.7 Å². The molecule has 2 fully saturated rings. The largest absolute Gasteiger partial charge is 0.401 e. The fourth-order valence-corrected chi connectivity index (χ4v) is 4.43. The molecule has 1 aliphatic carbocycles. The van der Waals surface area contributed by atoms with E-state index in [4.69, 9.17) is 17.3 Å². The maximum atomic E-state index is 13.8. The minimum atomic E-state index is -0.393. The predicted molar refractivity (Wildman–Crippen MR) is 121 cm³/mol. The van der Waals surface area contributed by atoms with E-state index in [0.717, 1.165) is 41.1 Å². The van der Waals surface area contributed by atoms with E-state index >= 15 is 0 Å². The van der Waals surface area contributed by atoms with Gasteiger partial charge in [0.1, 0.15) is 11.9 Å². The summed E-state index contributed by atoms with van der Waals surface area (Å²) >= 11 is 6.13. The third-order valence-corrected chi connectivity index (χ3v) is 6.31. The minimum absolute atomic E-state index is 0.130. The SMILES string of the molecule is CN=C1C(=C(N)C2CC2)C(=O)N(c2cc(C)c3nnc(C)n3c2)[C@@H]1c1ccc(Cl)cc1. The summed E-state index contributed by atoms with van der Waals surface area (Å²) in [4.78, 5) is 20.1. The first-order valence-corrected chi connectivity index (χ1v) is 10.7. The summed E-state index contributed by atoms with van der Waals surface area (Å²) in [7, 11) is 1.72. The summed E-state index contributed by atoms with van der Waals surface area (Å²) < 4.78 is 1.91. The smallest absolute Gasteiger partial charge is 0.262 e. The number of aryl methyl sites for hydroxylation is 2. The molecule has 0 spiro atoms. The maximum absolute atomic E-state index is 13.8. The third-order valence-electron chi connectivity index (χ3n) is 6.06. The van der Waals surface area contributed by atoms with Crippen molar-refractivity contribution in [1.29, 1.82) is 0 Å². The topological polar surface area (TPSA) is 88.9 Å². The van der Waals surface area contributed by atoms with E-state index in [9.17, 15) is 4.79 Å². The standard InChI is InChI=1S/C23H23ClN6O/c1-12-10-17(11-29-13(2)27-28-22(12)29)30-21(15-6-8-16(24)9-7-15)20(26-3)18(23(30)31)19(25)14-4-5-14/h6-11,14,21H,4-5,25H2,1-3H3/t21-/m1/s1. The highest BCUT2D eigenvalue weighted by molar-refractivity contribution is 6.35. The fraction of sp³-hybridized carbons (Fsp3) is 0.304. The van der Waals surface area contributed by atoms with Crippen LogP contribution in [0.5, 0.6) is 0 Å². The molecule has 2 N–H and O–H groups in total. The molecular weight excluding hydrogens is 412 g/mol. The van der Waals surface area contributed by atoms with Gasteiger partial charge in [-0.15, -0.1) is 10.2 Å². The lowest BCUT2D eigenvalue weighted by atomic mass is 9.98. The molecule has 1 saturated heterocycles. The van der Waals surface area contributed by atoms with Gasteiger partial charge in [0, 0.05) is 24.0 Å². The predicted octanol–water partition coefficient (Wildman–Crippen LogP) is 3.78. The lowest BCUT2D eigenvalue weighted by Gasteiger charge is -2.25. The average Bonchev–Trinajstić information content (AvgIpc) is 3.48. The van der Waals surface area contributed by atoms with Crippen LogP contribution in [0.2, 0.25) is 5.02 Å². The number of allylic oxidation sites excluding steroid dienone is 1. The number of aromatic nitrogens is 3. The van der Waals surface area contributed by atoms with Gasteiger partial charge in [-0.25, -0.2) is 0 Å². The van der Waals surface area contributed by atoms with Crippen LogP contribution in [0, 0.1) is 19.8 Å². The van der Waals surface area contributed by atoms with Crippen molar-refractivity contribution in [3.05, 3.63) is 69.8 Å². The van der Waals surface area contributed by atoms with Crippen molar-refractivity contribution in [2.24, 2.45) is 16.6 Å². The summed E-state index contributed by atoms with van der Waals surface area (Å²) in [5.41, 5.74) is 11.7. The highest BCUT2D eigenvalue weighted by Gasteiger charge is 2.46. The van der Waals surface area contributed by atoms with Crippen molar-refractivity contribution in [2.45, 2.75) is 32.7 Å². The minimum Gasteiger partial charge on any atom is -0.401 e. The Morgan fingerprint density at radius 1 is 1.19 bits per heavy atom. The van der Waals surface area contributed by atoms with Crippen LogP contribution in [0.25, 0.3) is 5.65 Å². The molecule has 5 rings (SSSR count). The van der Waals surface area contributed by atoms with E-state index in [1.807, 2.05) is 54.8 Å². The quantitative estimate of drug-likeness (QED) is 0.635. The van der Waals surface area contributed by atoms with E-state index < -0.39 is 6.04 Å². The Hall–Kier alpha value is -3.19. The number of nitrogens with zero attached hydrogens (tertiary/aromatic N) is 5. The van der Waals surface area contributed by atoms with Gasteiger partial charge in [0.05, 0.1) is 17.0 Å². The van der Waals surface area contributed by atoms with Gasteiger partial charge < -0.3 is 5.73 Å². The number of aliphatic imine (C=N–C) groups is 1. The lowest BCUT2D eigenvalue weighted by molar-refractivity contribution is -0.114. The Bertz CT molecular complexity index is 1270. The third kappa shape index (κ3) is 3.11. The van der Waals surface area contributed by atoms with E-state index in [1.165, 1.54) is 0 Å². The summed E-state index contributed by atoms with van der Waals surface area (Å²) in [6.45, 7) is 3.86. The number of hydrogen-bond acceptors (Lipinski definition) is 5. The van der Waals surface area contributed by atoms with E-state index in [2.05, 4.69) is 15.2 Å². The van der Waals surface area contributed by atoms with Crippen LogP contribution in [0.3, 0.4) is 0 Å². The van der Waals surface area contributed by atoms with Crippen LogP contribution in [-0.4, -0.2) is 33.3 Å². The molecule has 1 amide bonds. The Morgan fingerprint density at radius 2 is 1.90 bits per heavy atom. The second-order valence-corrected chi connectivity index (χ2v) is 8.60. The number of nitrogens with two attached hydrogens (primary N) is 1. The molecule has 2 aromatic heterocycles. The highest BCUT2D eigenvalue weighted by Crippen LogP contribution is 2.43. The zero-order valence-corrected chi connectivity index (χ0v) is 18.4. The van der Waals surface area contributed by atoms with Crippen LogP contribution >= 0.6 is 11.6 Å². The Balaban J connectivity index is 1.75. The molecule has 0 radical (unpaired) electrons. The number of amides is 1. The van der Waals surface area contributed by atoms with Crippen molar-refractivity contribution in [2.75, 3.05) is 11.9 Å². The second-order valence-electron chi connectivity index (χ2n) is 8.16. The van der Waals surface area contributed by atoms with Crippen LogP contribution in [0.15, 0.2) is 52.8 Å². The molecular formula is C23H23ClN6O. The first kappa shape index (κ1) is 19.8. The number of fused-ring (bicyclic) bond motifs is 1. The van der Waals surface area contributed by atoms with E-state index in [-0.39, 0.29) is 11.8 Å². The summed E-state index contributed by atoms with van der Waals surface area (Å²) in [5, 5.41) is 9.06. The Kier molecular flexibility index (Phi) is 4.59. The number of anilines is 1. The van der Waals surface area contributed by atoms with Gasteiger partial charge in [-0.3, -0.25) is 19.1 Å². The zero-order chi connectivity index (χ0) is 21.9. The Morgan fingerprint density at radius 3 is 2.55 bits per heavy atom. The zero-order valence-electron chi connectivity index (χ0n) is 17.6.